The van der Waals surface area contributed by atoms with E-state index in [0.29, 0.717) is 34.9 Å². The van der Waals surface area contributed by atoms with E-state index in [1.165, 1.54) is 11.3 Å². The molecule has 4 heterocycles. The Bertz CT molecular complexity index is 1310. The van der Waals surface area contributed by atoms with Gasteiger partial charge in [-0.15, -0.1) is 11.3 Å². The summed E-state index contributed by atoms with van der Waals surface area (Å²) in [6.45, 7) is 2.87. The van der Waals surface area contributed by atoms with E-state index in [9.17, 15) is 9.90 Å². The molecule has 0 bridgehead atoms. The predicted octanol–water partition coefficient (Wildman–Crippen LogP) is 4.69. The number of para-hydroxylation sites is 1. The first kappa shape index (κ1) is 24.0. The molecule has 8 nitrogen and oxygen atoms in total. The lowest BCUT2D eigenvalue weighted by molar-refractivity contribution is 0.0686. The zero-order valence-corrected chi connectivity index (χ0v) is 19.9. The van der Waals surface area contributed by atoms with Crippen molar-refractivity contribution in [3.8, 4) is 16.7 Å². The van der Waals surface area contributed by atoms with Crippen molar-refractivity contribution in [2.45, 2.75) is 25.4 Å². The van der Waals surface area contributed by atoms with E-state index in [1.807, 2.05) is 36.4 Å². The molecule has 0 saturated carbocycles. The van der Waals surface area contributed by atoms with Crippen LogP contribution >= 0.6 is 22.9 Å². The summed E-state index contributed by atoms with van der Waals surface area (Å²) in [6.07, 6.45) is 2.09. The van der Waals surface area contributed by atoms with Crippen molar-refractivity contribution in [3.63, 3.8) is 0 Å². The minimum atomic E-state index is -0.972. The van der Waals surface area contributed by atoms with E-state index < -0.39 is 5.97 Å². The number of thiophene rings is 1. The number of aromatic nitrogens is 2. The summed E-state index contributed by atoms with van der Waals surface area (Å²) in [6, 6.07) is 17.2. The molecule has 0 unspecified atom stereocenters. The smallest absolute Gasteiger partial charge is 0.352 e. The van der Waals surface area contributed by atoms with Gasteiger partial charge >= 0.3 is 5.97 Å². The topological polar surface area (TPSA) is 121 Å². The number of hydrogen-bond acceptors (Lipinski definition) is 7. The summed E-state index contributed by atoms with van der Waals surface area (Å²) < 4.78 is 7.76. The highest BCUT2D eigenvalue weighted by Gasteiger charge is 2.17. The van der Waals surface area contributed by atoms with Crippen LogP contribution in [-0.4, -0.2) is 51.4 Å². The number of nitriles is 1. The van der Waals surface area contributed by atoms with Gasteiger partial charge in [0.25, 0.3) is 0 Å². The first-order valence-corrected chi connectivity index (χ1v) is 12.0. The minimum absolute atomic E-state index is 0.222. The first-order chi connectivity index (χ1) is 16.4. The molecule has 1 fully saturated rings. The molecule has 0 aliphatic carbocycles. The average molecular weight is 498 g/mol. The van der Waals surface area contributed by atoms with Gasteiger partial charge in [0.2, 0.25) is 0 Å². The molecule has 3 N–H and O–H groups in total. The van der Waals surface area contributed by atoms with Crippen LogP contribution in [0.2, 0.25) is 4.34 Å². The lowest BCUT2D eigenvalue weighted by Crippen LogP contribution is -2.39. The maximum atomic E-state index is 11.5. The first-order valence-electron chi connectivity index (χ1n) is 10.8. The SMILES string of the molecule is N#CCN1CCC(N)CC1.O=C(O)c1cc2ccccc2n1Cc1cc(-c2ccc(Cl)s2)on1. The summed E-state index contributed by atoms with van der Waals surface area (Å²) in [5.74, 6) is -0.352. The van der Waals surface area contributed by atoms with Crippen LogP contribution in [0.4, 0.5) is 0 Å². The van der Waals surface area contributed by atoms with Crippen LogP contribution in [0, 0.1) is 11.3 Å². The minimum Gasteiger partial charge on any atom is -0.477 e. The summed E-state index contributed by atoms with van der Waals surface area (Å²) in [4.78, 5) is 14.6. The standard InChI is InChI=1S/C17H11ClN2O3S.C7H13N3/c18-16-6-5-15(24-16)14-8-11(19-23-14)9-20-12-4-2-1-3-10(12)7-13(20)17(21)22;8-3-6-10-4-1-7(9)2-5-10/h1-8H,9H2,(H,21,22);7H,1-2,4-6,9H2. The van der Waals surface area contributed by atoms with Gasteiger partial charge in [0.1, 0.15) is 11.4 Å². The van der Waals surface area contributed by atoms with E-state index in [2.05, 4.69) is 16.1 Å². The highest BCUT2D eigenvalue weighted by Crippen LogP contribution is 2.31. The number of carboxylic acids is 1. The molecule has 0 amide bonds. The van der Waals surface area contributed by atoms with Crippen molar-refractivity contribution in [2.24, 2.45) is 5.73 Å². The maximum absolute atomic E-state index is 11.5. The van der Waals surface area contributed by atoms with Crippen LogP contribution in [0.5, 0.6) is 0 Å². The number of aromatic carboxylic acids is 1. The lowest BCUT2D eigenvalue weighted by Gasteiger charge is -2.27. The highest BCUT2D eigenvalue weighted by molar-refractivity contribution is 7.19. The number of halogens is 1. The molecule has 1 aromatic carbocycles. The summed E-state index contributed by atoms with van der Waals surface area (Å²) in [7, 11) is 0. The number of benzene rings is 1. The summed E-state index contributed by atoms with van der Waals surface area (Å²) in [5, 5.41) is 22.8. The number of carboxylic acid groups (broad SMARTS) is 1. The third-order valence-electron chi connectivity index (χ3n) is 5.65. The van der Waals surface area contributed by atoms with E-state index in [1.54, 1.807) is 16.7 Å². The lowest BCUT2D eigenvalue weighted by atomic mass is 10.1. The Morgan fingerprint density at radius 3 is 2.71 bits per heavy atom. The van der Waals surface area contributed by atoms with E-state index in [0.717, 1.165) is 41.7 Å². The zero-order chi connectivity index (χ0) is 24.1. The van der Waals surface area contributed by atoms with Crippen molar-refractivity contribution in [1.29, 1.82) is 5.26 Å². The third kappa shape index (κ3) is 5.66. The van der Waals surface area contributed by atoms with Gasteiger partial charge in [-0.1, -0.05) is 35.0 Å². The number of hydrogen-bond donors (Lipinski definition) is 2. The van der Waals surface area contributed by atoms with Crippen LogP contribution in [0.15, 0.2) is 53.1 Å². The number of nitrogens with two attached hydrogens (primary N) is 1. The van der Waals surface area contributed by atoms with Crippen molar-refractivity contribution < 1.29 is 14.4 Å². The molecule has 0 spiro atoms. The van der Waals surface area contributed by atoms with Gasteiger partial charge < -0.3 is 19.9 Å². The monoisotopic (exact) mass is 497 g/mol. The second-order valence-corrected chi connectivity index (χ2v) is 9.75. The molecule has 4 aromatic rings. The van der Waals surface area contributed by atoms with Gasteiger partial charge in [-0.05, 0) is 37.1 Å². The quantitative estimate of drug-likeness (QED) is 0.383. The van der Waals surface area contributed by atoms with Crippen LogP contribution in [0.1, 0.15) is 29.0 Å². The van der Waals surface area contributed by atoms with Gasteiger partial charge in [-0.2, -0.15) is 5.26 Å². The number of carbonyl (C=O) groups is 1. The van der Waals surface area contributed by atoms with Gasteiger partial charge in [-0.3, -0.25) is 4.90 Å². The van der Waals surface area contributed by atoms with Crippen molar-refractivity contribution in [3.05, 3.63) is 64.3 Å². The third-order valence-corrected chi connectivity index (χ3v) is 6.90. The van der Waals surface area contributed by atoms with Gasteiger partial charge in [0.15, 0.2) is 5.76 Å². The molecule has 0 atom stereocenters. The molecule has 1 aliphatic rings. The number of likely N-dealkylation sites (tertiary alicyclic amines) is 1. The van der Waals surface area contributed by atoms with Crippen molar-refractivity contribution in [2.75, 3.05) is 19.6 Å². The summed E-state index contributed by atoms with van der Waals surface area (Å²) >= 11 is 7.34. The Hall–Kier alpha value is -3.16. The van der Waals surface area contributed by atoms with Crippen LogP contribution in [0.3, 0.4) is 0 Å². The van der Waals surface area contributed by atoms with E-state index in [-0.39, 0.29) is 5.69 Å². The zero-order valence-electron chi connectivity index (χ0n) is 18.4. The second-order valence-electron chi connectivity index (χ2n) is 8.04. The fourth-order valence-corrected chi connectivity index (χ4v) is 4.87. The van der Waals surface area contributed by atoms with Crippen molar-refractivity contribution in [1.82, 2.24) is 14.6 Å². The largest absolute Gasteiger partial charge is 0.477 e. The molecule has 0 radical (unpaired) electrons. The van der Waals surface area contributed by atoms with Gasteiger partial charge in [0.05, 0.1) is 28.4 Å². The molecular formula is C24H24ClN5O3S. The number of fused-ring (bicyclic) bond motifs is 1. The Morgan fingerprint density at radius 1 is 1.26 bits per heavy atom. The molecule has 1 aliphatic heterocycles. The Kier molecular flexibility index (Phi) is 7.65. The fourth-order valence-electron chi connectivity index (χ4n) is 3.88. The normalized spacial score (nSPS) is 14.5. The Balaban J connectivity index is 0.000000231. The number of nitrogens with zero attached hydrogens (tertiary/aromatic N) is 4. The highest BCUT2D eigenvalue weighted by atomic mass is 35.5. The Labute approximate surface area is 205 Å². The number of piperidine rings is 1. The second kappa shape index (κ2) is 10.8. The van der Waals surface area contributed by atoms with Crippen LogP contribution in [0.25, 0.3) is 21.5 Å². The van der Waals surface area contributed by atoms with E-state index in [4.69, 9.17) is 27.1 Å². The predicted molar refractivity (Wildman–Crippen MR) is 132 cm³/mol. The van der Waals surface area contributed by atoms with Gasteiger partial charge in [-0.25, -0.2) is 4.79 Å². The molecule has 34 heavy (non-hydrogen) atoms. The maximum Gasteiger partial charge on any atom is 0.352 e. The molecule has 10 heteroatoms. The summed E-state index contributed by atoms with van der Waals surface area (Å²) in [5.41, 5.74) is 7.40. The fraction of sp³-hybridized carbons (Fsp3) is 0.292. The van der Waals surface area contributed by atoms with Gasteiger partial charge in [0, 0.05) is 36.1 Å². The molecule has 5 rings (SSSR count). The Morgan fingerprint density at radius 2 is 2.03 bits per heavy atom. The van der Waals surface area contributed by atoms with Crippen molar-refractivity contribution >= 4 is 39.8 Å². The van der Waals surface area contributed by atoms with Crippen LogP contribution in [-0.2, 0) is 6.54 Å². The molecule has 176 valence electrons. The molecular weight excluding hydrogens is 474 g/mol. The van der Waals surface area contributed by atoms with Crippen LogP contribution < -0.4 is 5.73 Å². The average Bonchev–Trinajstić information content (AvgIpc) is 3.55. The molecule has 3 aromatic heterocycles. The molecule has 1 saturated heterocycles. The number of rotatable bonds is 5. The van der Waals surface area contributed by atoms with E-state index >= 15 is 0 Å².